The first kappa shape index (κ1) is 10.7. The number of nitriles is 1. The summed E-state index contributed by atoms with van der Waals surface area (Å²) in [4.78, 5) is 11.8. The highest BCUT2D eigenvalue weighted by molar-refractivity contribution is 6.07. The minimum absolute atomic E-state index is 0.207. The van der Waals surface area contributed by atoms with Crippen molar-refractivity contribution in [1.29, 1.82) is 5.26 Å². The van der Waals surface area contributed by atoms with E-state index in [4.69, 9.17) is 11.0 Å². The number of carbonyl (C=O) groups is 1. The van der Waals surface area contributed by atoms with E-state index in [1.807, 2.05) is 6.07 Å². The molecule has 1 aromatic carbocycles. The number of nitrogens with one attached hydrogen (secondary N) is 2. The quantitative estimate of drug-likeness (QED) is 0.714. The molecule has 1 amide bonds. The van der Waals surface area contributed by atoms with Gasteiger partial charge in [0.2, 0.25) is 0 Å². The van der Waals surface area contributed by atoms with Gasteiger partial charge in [-0.3, -0.25) is 9.89 Å². The predicted octanol–water partition coefficient (Wildman–Crippen LogP) is 1.12. The molecule has 2 aromatic rings. The molecule has 0 unspecified atom stereocenters. The van der Waals surface area contributed by atoms with Crippen LogP contribution in [-0.2, 0) is 0 Å². The van der Waals surface area contributed by atoms with Gasteiger partial charge in [0.1, 0.15) is 11.4 Å². The number of aromatic nitrogens is 2. The zero-order chi connectivity index (χ0) is 12.3. The summed E-state index contributed by atoms with van der Waals surface area (Å²) < 4.78 is 0. The van der Waals surface area contributed by atoms with Gasteiger partial charge in [-0.25, -0.2) is 0 Å². The number of rotatable bonds is 2. The largest absolute Gasteiger partial charge is 0.383 e. The van der Waals surface area contributed by atoms with Gasteiger partial charge < -0.3 is 11.1 Å². The van der Waals surface area contributed by atoms with Crippen LogP contribution in [0.1, 0.15) is 15.9 Å². The van der Waals surface area contributed by atoms with E-state index in [0.717, 1.165) is 0 Å². The highest BCUT2D eigenvalue weighted by Crippen LogP contribution is 2.13. The second kappa shape index (κ2) is 4.37. The van der Waals surface area contributed by atoms with Crippen molar-refractivity contribution in [3.05, 3.63) is 41.6 Å². The predicted molar refractivity (Wildman–Crippen MR) is 62.1 cm³/mol. The number of nitrogens with two attached hydrogens (primary N) is 1. The summed E-state index contributed by atoms with van der Waals surface area (Å²) in [7, 11) is 0. The van der Waals surface area contributed by atoms with Crippen molar-refractivity contribution in [2.45, 2.75) is 0 Å². The first-order valence-corrected chi connectivity index (χ1v) is 4.81. The maximum absolute atomic E-state index is 11.8. The molecule has 1 heterocycles. The lowest BCUT2D eigenvalue weighted by Crippen LogP contribution is -2.12. The molecule has 17 heavy (non-hydrogen) atoms. The standard InChI is InChI=1S/C11H9N5O/c12-5-7-2-1-3-8(4-7)15-11(17)9-6-14-16-10(9)13/h1-4,6H,(H,15,17)(H3,13,14,16). The molecule has 0 atom stereocenters. The Bertz CT molecular complexity index is 596. The second-order valence-corrected chi connectivity index (χ2v) is 3.34. The summed E-state index contributed by atoms with van der Waals surface area (Å²) in [5.41, 5.74) is 6.80. The highest BCUT2D eigenvalue weighted by atomic mass is 16.1. The van der Waals surface area contributed by atoms with Crippen LogP contribution in [0, 0.1) is 11.3 Å². The second-order valence-electron chi connectivity index (χ2n) is 3.34. The van der Waals surface area contributed by atoms with Crippen LogP contribution in [0.25, 0.3) is 0 Å². The monoisotopic (exact) mass is 227 g/mol. The third-order valence-corrected chi connectivity index (χ3v) is 2.16. The first-order chi connectivity index (χ1) is 8.20. The van der Waals surface area contributed by atoms with Crippen LogP contribution in [0.2, 0.25) is 0 Å². The molecular formula is C11H9N5O. The van der Waals surface area contributed by atoms with E-state index in [0.29, 0.717) is 11.3 Å². The van der Waals surface area contributed by atoms with E-state index in [9.17, 15) is 4.79 Å². The molecule has 84 valence electrons. The number of H-pyrrole nitrogens is 1. The SMILES string of the molecule is N#Cc1cccc(NC(=O)c2cn[nH]c2N)c1. The van der Waals surface area contributed by atoms with Gasteiger partial charge in [-0.2, -0.15) is 10.4 Å². The van der Waals surface area contributed by atoms with Gasteiger partial charge in [0.15, 0.2) is 0 Å². The van der Waals surface area contributed by atoms with Gasteiger partial charge in [-0.15, -0.1) is 0 Å². The molecule has 0 spiro atoms. The molecule has 6 heteroatoms. The Kier molecular flexibility index (Phi) is 2.75. The van der Waals surface area contributed by atoms with Crippen LogP contribution >= 0.6 is 0 Å². The van der Waals surface area contributed by atoms with E-state index in [2.05, 4.69) is 15.5 Å². The number of anilines is 2. The fourth-order valence-electron chi connectivity index (χ4n) is 1.34. The number of nitrogen functional groups attached to an aromatic ring is 1. The number of aromatic amines is 1. The van der Waals surface area contributed by atoms with E-state index >= 15 is 0 Å². The number of amides is 1. The third kappa shape index (κ3) is 2.23. The van der Waals surface area contributed by atoms with Gasteiger partial charge in [0, 0.05) is 5.69 Å². The molecular weight excluding hydrogens is 218 g/mol. The maximum atomic E-state index is 11.8. The molecule has 0 fully saturated rings. The first-order valence-electron chi connectivity index (χ1n) is 4.81. The summed E-state index contributed by atoms with van der Waals surface area (Å²) in [6.45, 7) is 0. The Labute approximate surface area is 97.1 Å². The Morgan fingerprint density at radius 1 is 1.53 bits per heavy atom. The Morgan fingerprint density at radius 3 is 3.00 bits per heavy atom. The lowest BCUT2D eigenvalue weighted by molar-refractivity contribution is 0.102. The molecule has 0 saturated carbocycles. The van der Waals surface area contributed by atoms with Crippen molar-refractivity contribution < 1.29 is 4.79 Å². The van der Waals surface area contributed by atoms with Crippen molar-refractivity contribution in [2.75, 3.05) is 11.1 Å². The van der Waals surface area contributed by atoms with Crippen molar-refractivity contribution >= 4 is 17.4 Å². The molecule has 2 rings (SSSR count). The third-order valence-electron chi connectivity index (χ3n) is 2.16. The van der Waals surface area contributed by atoms with Crippen molar-refractivity contribution in [3.8, 4) is 6.07 Å². The average molecular weight is 227 g/mol. The minimum atomic E-state index is -0.369. The van der Waals surface area contributed by atoms with E-state index in [-0.39, 0.29) is 17.3 Å². The van der Waals surface area contributed by atoms with Crippen molar-refractivity contribution in [3.63, 3.8) is 0 Å². The smallest absolute Gasteiger partial charge is 0.261 e. The number of hydrogen-bond acceptors (Lipinski definition) is 4. The number of benzene rings is 1. The van der Waals surface area contributed by atoms with E-state index < -0.39 is 0 Å². The van der Waals surface area contributed by atoms with Crippen LogP contribution in [-0.4, -0.2) is 16.1 Å². The molecule has 0 radical (unpaired) electrons. The van der Waals surface area contributed by atoms with Gasteiger partial charge >= 0.3 is 0 Å². The number of hydrogen-bond donors (Lipinski definition) is 3. The number of nitrogens with zero attached hydrogens (tertiary/aromatic N) is 2. The molecule has 0 aliphatic rings. The zero-order valence-corrected chi connectivity index (χ0v) is 8.77. The van der Waals surface area contributed by atoms with Crippen molar-refractivity contribution in [2.24, 2.45) is 0 Å². The summed E-state index contributed by atoms with van der Waals surface area (Å²) in [5, 5.41) is 17.5. The fraction of sp³-hybridized carbons (Fsp3) is 0. The normalized spacial score (nSPS) is 9.59. The van der Waals surface area contributed by atoms with E-state index in [1.54, 1.807) is 24.3 Å². The van der Waals surface area contributed by atoms with Crippen molar-refractivity contribution in [1.82, 2.24) is 10.2 Å². The molecule has 0 aliphatic heterocycles. The minimum Gasteiger partial charge on any atom is -0.383 e. The fourth-order valence-corrected chi connectivity index (χ4v) is 1.34. The Morgan fingerprint density at radius 2 is 2.35 bits per heavy atom. The molecule has 1 aromatic heterocycles. The Balaban J connectivity index is 2.19. The molecule has 0 aliphatic carbocycles. The van der Waals surface area contributed by atoms with E-state index in [1.165, 1.54) is 6.20 Å². The Hall–Kier alpha value is -2.81. The lowest BCUT2D eigenvalue weighted by atomic mass is 10.2. The van der Waals surface area contributed by atoms with Crippen LogP contribution in [0.3, 0.4) is 0 Å². The van der Waals surface area contributed by atoms with Gasteiger partial charge in [0.25, 0.3) is 5.91 Å². The summed E-state index contributed by atoms with van der Waals surface area (Å²) >= 11 is 0. The van der Waals surface area contributed by atoms with Gasteiger partial charge in [0.05, 0.1) is 17.8 Å². The highest BCUT2D eigenvalue weighted by Gasteiger charge is 2.11. The van der Waals surface area contributed by atoms with Gasteiger partial charge in [-0.1, -0.05) is 6.07 Å². The van der Waals surface area contributed by atoms with Crippen LogP contribution in [0.15, 0.2) is 30.5 Å². The van der Waals surface area contributed by atoms with Crippen LogP contribution < -0.4 is 11.1 Å². The summed E-state index contributed by atoms with van der Waals surface area (Å²) in [6.07, 6.45) is 1.35. The molecule has 0 saturated heterocycles. The van der Waals surface area contributed by atoms with Crippen LogP contribution in [0.4, 0.5) is 11.5 Å². The molecule has 6 nitrogen and oxygen atoms in total. The number of carbonyl (C=O) groups excluding carboxylic acids is 1. The summed E-state index contributed by atoms with van der Waals surface area (Å²) in [5.74, 6) is -0.162. The molecule has 0 bridgehead atoms. The molecule has 4 N–H and O–H groups in total. The van der Waals surface area contributed by atoms with Crippen LogP contribution in [0.5, 0.6) is 0 Å². The maximum Gasteiger partial charge on any atom is 0.261 e. The van der Waals surface area contributed by atoms with Gasteiger partial charge in [-0.05, 0) is 18.2 Å². The average Bonchev–Trinajstić information content (AvgIpc) is 2.76. The summed E-state index contributed by atoms with van der Waals surface area (Å²) in [6, 6.07) is 8.60. The topological polar surface area (TPSA) is 108 Å². The zero-order valence-electron chi connectivity index (χ0n) is 8.77. The lowest BCUT2D eigenvalue weighted by Gasteiger charge is -2.03.